The number of H-pyrrole nitrogens is 1. The second-order valence-corrected chi connectivity index (χ2v) is 6.69. The molecule has 0 saturated heterocycles. The van der Waals surface area contributed by atoms with Gasteiger partial charge >= 0.3 is 5.97 Å². The third-order valence-corrected chi connectivity index (χ3v) is 4.44. The average molecular weight is 384 g/mol. The standard InChI is InChI=1S/C21H24N2O5/c1-11-17(14(4)24)12(2)22-18(11)19(25)15(5)28-21(27)13(3)23-20(26)16-9-7-6-8-10-16/h6-10,13,15,22H,1-5H3,(H,23,26)/t13-,15+/m0/s1. The van der Waals surface area contributed by atoms with Gasteiger partial charge in [-0.05, 0) is 52.3 Å². The van der Waals surface area contributed by atoms with Crippen LogP contribution in [0.1, 0.15) is 63.2 Å². The summed E-state index contributed by atoms with van der Waals surface area (Å²) in [7, 11) is 0. The molecule has 148 valence electrons. The van der Waals surface area contributed by atoms with Crippen LogP contribution in [-0.2, 0) is 9.53 Å². The second kappa shape index (κ2) is 8.65. The number of aromatic amines is 1. The van der Waals surface area contributed by atoms with Crippen molar-refractivity contribution < 1.29 is 23.9 Å². The highest BCUT2D eigenvalue weighted by Crippen LogP contribution is 2.20. The fourth-order valence-corrected chi connectivity index (χ4v) is 2.99. The summed E-state index contributed by atoms with van der Waals surface area (Å²) in [5.74, 6) is -1.72. The predicted octanol–water partition coefficient (Wildman–Crippen LogP) is 2.77. The number of carbonyl (C=O) groups is 4. The van der Waals surface area contributed by atoms with Crippen molar-refractivity contribution in [1.82, 2.24) is 10.3 Å². The molecule has 0 aliphatic heterocycles. The van der Waals surface area contributed by atoms with Crippen LogP contribution in [0.25, 0.3) is 0 Å². The third-order valence-electron chi connectivity index (χ3n) is 4.44. The van der Waals surface area contributed by atoms with Crippen molar-refractivity contribution in [3.8, 4) is 0 Å². The van der Waals surface area contributed by atoms with Crippen molar-refractivity contribution in [2.75, 3.05) is 0 Å². The molecular formula is C21H24N2O5. The van der Waals surface area contributed by atoms with E-state index in [1.807, 2.05) is 0 Å². The lowest BCUT2D eigenvalue weighted by molar-refractivity contribution is -0.148. The first kappa shape index (κ1) is 21.1. The molecule has 2 atom stereocenters. The van der Waals surface area contributed by atoms with E-state index in [9.17, 15) is 19.2 Å². The molecule has 0 spiro atoms. The van der Waals surface area contributed by atoms with Crippen molar-refractivity contribution in [2.45, 2.75) is 46.8 Å². The maximum atomic E-state index is 12.6. The van der Waals surface area contributed by atoms with Crippen LogP contribution >= 0.6 is 0 Å². The molecule has 0 unspecified atom stereocenters. The summed E-state index contributed by atoms with van der Waals surface area (Å²) >= 11 is 0. The van der Waals surface area contributed by atoms with Gasteiger partial charge in [0, 0.05) is 16.8 Å². The number of esters is 1. The Morgan fingerprint density at radius 1 is 1.04 bits per heavy atom. The molecule has 0 aliphatic rings. The first-order valence-electron chi connectivity index (χ1n) is 8.94. The third kappa shape index (κ3) is 4.54. The summed E-state index contributed by atoms with van der Waals surface area (Å²) in [6.07, 6.45) is -1.07. The van der Waals surface area contributed by atoms with E-state index in [1.165, 1.54) is 20.8 Å². The van der Waals surface area contributed by atoms with Crippen LogP contribution in [0.4, 0.5) is 0 Å². The SMILES string of the molecule is CC(=O)c1c(C)[nH]c(C(=O)[C@@H](C)OC(=O)[C@H](C)NC(=O)c2ccccc2)c1C. The Morgan fingerprint density at radius 3 is 2.18 bits per heavy atom. The van der Waals surface area contributed by atoms with Gasteiger partial charge in [-0.15, -0.1) is 0 Å². The highest BCUT2D eigenvalue weighted by Gasteiger charge is 2.28. The molecule has 0 radical (unpaired) electrons. The van der Waals surface area contributed by atoms with Crippen molar-refractivity contribution >= 4 is 23.4 Å². The Labute approximate surface area is 163 Å². The van der Waals surface area contributed by atoms with Gasteiger partial charge in [-0.3, -0.25) is 14.4 Å². The molecule has 1 aromatic heterocycles. The van der Waals surface area contributed by atoms with E-state index in [4.69, 9.17) is 4.74 Å². The molecule has 0 aliphatic carbocycles. The Hall–Kier alpha value is -3.22. The minimum Gasteiger partial charge on any atom is -0.453 e. The van der Waals surface area contributed by atoms with Crippen molar-refractivity contribution in [1.29, 1.82) is 0 Å². The number of rotatable bonds is 7. The van der Waals surface area contributed by atoms with Gasteiger partial charge in [0.25, 0.3) is 5.91 Å². The average Bonchev–Trinajstić information content (AvgIpc) is 2.95. The predicted molar refractivity (Wildman–Crippen MR) is 104 cm³/mol. The quantitative estimate of drug-likeness (QED) is 0.564. The van der Waals surface area contributed by atoms with E-state index in [0.29, 0.717) is 22.4 Å². The van der Waals surface area contributed by atoms with Gasteiger partial charge in [-0.25, -0.2) is 4.79 Å². The summed E-state index contributed by atoms with van der Waals surface area (Å²) in [5, 5.41) is 2.54. The maximum Gasteiger partial charge on any atom is 0.329 e. The molecule has 2 rings (SSSR count). The van der Waals surface area contributed by atoms with E-state index in [2.05, 4.69) is 10.3 Å². The van der Waals surface area contributed by atoms with Gasteiger partial charge in [0.15, 0.2) is 11.9 Å². The van der Waals surface area contributed by atoms with Crippen molar-refractivity contribution in [2.24, 2.45) is 0 Å². The van der Waals surface area contributed by atoms with E-state index < -0.39 is 29.8 Å². The number of ketones is 2. The molecule has 28 heavy (non-hydrogen) atoms. The zero-order valence-corrected chi connectivity index (χ0v) is 16.6. The summed E-state index contributed by atoms with van der Waals surface area (Å²) in [6, 6.07) is 7.54. The van der Waals surface area contributed by atoms with E-state index in [0.717, 1.165) is 0 Å². The molecule has 0 saturated carbocycles. The van der Waals surface area contributed by atoms with Crippen LogP contribution in [0.15, 0.2) is 30.3 Å². The number of amides is 1. The normalized spacial score (nSPS) is 12.8. The fraction of sp³-hybridized carbons (Fsp3) is 0.333. The van der Waals surface area contributed by atoms with Crippen LogP contribution in [0.2, 0.25) is 0 Å². The summed E-state index contributed by atoms with van der Waals surface area (Å²) < 4.78 is 5.22. The lowest BCUT2D eigenvalue weighted by Crippen LogP contribution is -2.41. The molecule has 1 heterocycles. The Bertz CT molecular complexity index is 914. The van der Waals surface area contributed by atoms with Gasteiger partial charge in [0.1, 0.15) is 6.04 Å². The number of nitrogens with one attached hydrogen (secondary N) is 2. The minimum absolute atomic E-state index is 0.146. The number of ether oxygens (including phenoxy) is 1. The summed E-state index contributed by atoms with van der Waals surface area (Å²) in [5.41, 5.74) is 2.24. The second-order valence-electron chi connectivity index (χ2n) is 6.69. The van der Waals surface area contributed by atoms with Gasteiger partial charge in [-0.2, -0.15) is 0 Å². The van der Waals surface area contributed by atoms with E-state index in [-0.39, 0.29) is 11.5 Å². The largest absolute Gasteiger partial charge is 0.453 e. The molecule has 0 fully saturated rings. The summed E-state index contributed by atoms with van der Waals surface area (Å²) in [6.45, 7) is 7.74. The molecule has 0 bridgehead atoms. The lowest BCUT2D eigenvalue weighted by atomic mass is 10.0. The van der Waals surface area contributed by atoms with E-state index in [1.54, 1.807) is 44.2 Å². The van der Waals surface area contributed by atoms with Crippen LogP contribution in [0.5, 0.6) is 0 Å². The number of aromatic nitrogens is 1. The zero-order valence-electron chi connectivity index (χ0n) is 16.6. The number of benzene rings is 1. The minimum atomic E-state index is -1.07. The Morgan fingerprint density at radius 2 is 1.64 bits per heavy atom. The highest BCUT2D eigenvalue weighted by atomic mass is 16.5. The molecular weight excluding hydrogens is 360 g/mol. The maximum absolute atomic E-state index is 12.6. The smallest absolute Gasteiger partial charge is 0.329 e. The zero-order chi connectivity index (χ0) is 21.0. The van der Waals surface area contributed by atoms with Crippen LogP contribution in [0, 0.1) is 13.8 Å². The van der Waals surface area contributed by atoms with Gasteiger partial charge < -0.3 is 15.0 Å². The van der Waals surface area contributed by atoms with Gasteiger partial charge in [0.2, 0.25) is 5.78 Å². The topological polar surface area (TPSA) is 105 Å². The van der Waals surface area contributed by atoms with Crippen molar-refractivity contribution in [3.05, 3.63) is 58.4 Å². The first-order chi connectivity index (χ1) is 13.1. The molecule has 7 heteroatoms. The number of hydrogen-bond acceptors (Lipinski definition) is 5. The molecule has 2 N–H and O–H groups in total. The molecule has 1 amide bonds. The first-order valence-corrected chi connectivity index (χ1v) is 8.94. The van der Waals surface area contributed by atoms with Crippen LogP contribution < -0.4 is 5.32 Å². The monoisotopic (exact) mass is 384 g/mol. The number of aryl methyl sites for hydroxylation is 1. The van der Waals surface area contributed by atoms with Crippen LogP contribution in [0.3, 0.4) is 0 Å². The lowest BCUT2D eigenvalue weighted by Gasteiger charge is -2.17. The van der Waals surface area contributed by atoms with Gasteiger partial charge in [0.05, 0.1) is 5.69 Å². The molecule has 2 aromatic rings. The molecule has 1 aromatic carbocycles. The van der Waals surface area contributed by atoms with E-state index >= 15 is 0 Å². The van der Waals surface area contributed by atoms with Crippen molar-refractivity contribution in [3.63, 3.8) is 0 Å². The summed E-state index contributed by atoms with van der Waals surface area (Å²) in [4.78, 5) is 51.7. The van der Waals surface area contributed by atoms with Crippen LogP contribution in [-0.4, -0.2) is 40.6 Å². The Balaban J connectivity index is 2.03. The number of Topliss-reactive ketones (excluding diaryl/α,β-unsaturated/α-hetero) is 2. The Kier molecular flexibility index (Phi) is 6.51. The number of hydrogen-bond donors (Lipinski definition) is 2. The molecule has 7 nitrogen and oxygen atoms in total. The fourth-order valence-electron chi connectivity index (χ4n) is 2.99. The van der Waals surface area contributed by atoms with Gasteiger partial charge in [-0.1, -0.05) is 18.2 Å². The number of carbonyl (C=O) groups excluding carboxylic acids is 4. The highest BCUT2D eigenvalue weighted by molar-refractivity contribution is 6.05.